The van der Waals surface area contributed by atoms with Gasteiger partial charge in [-0.05, 0) is 92.6 Å². The molecule has 7 rings (SSSR count). The maximum absolute atomic E-state index is 13.3. The van der Waals surface area contributed by atoms with Crippen molar-refractivity contribution in [3.05, 3.63) is 35.4 Å². The Morgan fingerprint density at radius 2 is 1.77 bits per heavy atom. The van der Waals surface area contributed by atoms with Gasteiger partial charge in [0, 0.05) is 6.04 Å². The van der Waals surface area contributed by atoms with Gasteiger partial charge in [-0.2, -0.15) is 0 Å². The highest BCUT2D eigenvalue weighted by Crippen LogP contribution is 2.61. The number of aryl methyl sites for hydroxylation is 1. The number of nitrogens with one attached hydrogen (secondary N) is 2. The number of imide groups is 1. The lowest BCUT2D eigenvalue weighted by Crippen LogP contribution is -2.57. The molecule has 6 heteroatoms. The van der Waals surface area contributed by atoms with Crippen molar-refractivity contribution in [3.63, 3.8) is 0 Å². The van der Waals surface area contributed by atoms with Crippen LogP contribution < -0.4 is 10.6 Å². The van der Waals surface area contributed by atoms with Gasteiger partial charge in [0.05, 0.1) is 0 Å². The third kappa shape index (κ3) is 2.79. The molecule has 5 aliphatic carbocycles. The van der Waals surface area contributed by atoms with Gasteiger partial charge in [-0.1, -0.05) is 24.3 Å². The third-order valence-corrected chi connectivity index (χ3v) is 9.11. The number of hydrogen-bond donors (Lipinski definition) is 2. The van der Waals surface area contributed by atoms with Gasteiger partial charge in [0.15, 0.2) is 0 Å². The lowest BCUT2D eigenvalue weighted by molar-refractivity contribution is -0.136. The topological polar surface area (TPSA) is 78.5 Å². The Morgan fingerprint density at radius 3 is 2.45 bits per heavy atom. The lowest BCUT2D eigenvalue weighted by atomic mass is 9.48. The van der Waals surface area contributed by atoms with Crippen LogP contribution in [0.5, 0.6) is 0 Å². The first kappa shape index (κ1) is 19.3. The smallest absolute Gasteiger partial charge is 0.325 e. The first-order valence-corrected chi connectivity index (χ1v) is 11.9. The van der Waals surface area contributed by atoms with E-state index in [1.165, 1.54) is 38.5 Å². The molecule has 2 N–H and O–H groups in total. The second-order valence-electron chi connectivity index (χ2n) is 11.0. The van der Waals surface area contributed by atoms with Crippen LogP contribution in [-0.2, 0) is 21.5 Å². The molecule has 4 amide bonds. The van der Waals surface area contributed by atoms with Gasteiger partial charge in [0.1, 0.15) is 12.1 Å². The fourth-order valence-corrected chi connectivity index (χ4v) is 8.02. The standard InChI is InChI=1S/C25H31N3O3/c1-15(24-11-16-8-17(12-24)10-18(9-16)13-24)26-21(29)14-28-22(30)25(27-23(28)31)7-6-19-4-2-3-5-20(19)25/h2-5,15-18H,6-14H2,1H3,(H,26,29)(H,27,31)/t15-,16?,17?,18?,24?,25+/m0/s1. The summed E-state index contributed by atoms with van der Waals surface area (Å²) in [5.41, 5.74) is 1.17. The molecule has 164 valence electrons. The van der Waals surface area contributed by atoms with Crippen molar-refractivity contribution in [1.29, 1.82) is 0 Å². The van der Waals surface area contributed by atoms with Crippen LogP contribution in [0.2, 0.25) is 0 Å². The highest BCUT2D eigenvalue weighted by atomic mass is 16.2. The number of benzene rings is 1. The quantitative estimate of drug-likeness (QED) is 0.734. The molecular formula is C25H31N3O3. The Morgan fingerprint density at radius 1 is 1.13 bits per heavy atom. The van der Waals surface area contributed by atoms with E-state index in [-0.39, 0.29) is 29.8 Å². The Hall–Kier alpha value is -2.37. The van der Waals surface area contributed by atoms with Gasteiger partial charge in [-0.3, -0.25) is 14.5 Å². The molecule has 1 saturated heterocycles. The van der Waals surface area contributed by atoms with Gasteiger partial charge in [-0.25, -0.2) is 4.79 Å². The SMILES string of the molecule is C[C@H](NC(=O)CN1C(=O)N[C@@]2(CCc3ccccc32)C1=O)C12CC3CC(CC(C3)C1)C2. The fraction of sp³-hybridized carbons (Fsp3) is 0.640. The minimum atomic E-state index is -1.00. The Kier molecular flexibility index (Phi) is 4.09. The summed E-state index contributed by atoms with van der Waals surface area (Å²) in [6.07, 6.45) is 9.05. The lowest BCUT2D eigenvalue weighted by Gasteiger charge is -2.59. The zero-order chi connectivity index (χ0) is 21.4. The van der Waals surface area contributed by atoms with Crippen LogP contribution in [-0.4, -0.2) is 35.3 Å². The van der Waals surface area contributed by atoms with E-state index in [4.69, 9.17) is 0 Å². The minimum absolute atomic E-state index is 0.0790. The van der Waals surface area contributed by atoms with Crippen LogP contribution in [0.4, 0.5) is 4.79 Å². The molecule has 4 bridgehead atoms. The molecule has 6 aliphatic rings. The Balaban J connectivity index is 1.16. The van der Waals surface area contributed by atoms with Crippen molar-refractivity contribution in [1.82, 2.24) is 15.5 Å². The molecule has 5 fully saturated rings. The summed E-state index contributed by atoms with van der Waals surface area (Å²) in [4.78, 5) is 40.1. The molecule has 0 radical (unpaired) electrons. The molecule has 1 aromatic carbocycles. The monoisotopic (exact) mass is 421 g/mol. The number of fused-ring (bicyclic) bond motifs is 2. The van der Waals surface area contributed by atoms with E-state index in [0.29, 0.717) is 6.42 Å². The van der Waals surface area contributed by atoms with Crippen LogP contribution >= 0.6 is 0 Å². The molecule has 31 heavy (non-hydrogen) atoms. The summed E-state index contributed by atoms with van der Waals surface area (Å²) in [5.74, 6) is 1.94. The van der Waals surface area contributed by atoms with Gasteiger partial charge < -0.3 is 10.6 Å². The second-order valence-corrected chi connectivity index (χ2v) is 11.0. The van der Waals surface area contributed by atoms with Crippen LogP contribution in [0, 0.1) is 23.2 Å². The molecule has 1 aromatic rings. The normalized spacial score (nSPS) is 38.5. The predicted octanol–water partition coefficient (Wildman–Crippen LogP) is 3.10. The molecule has 0 aromatic heterocycles. The molecule has 4 saturated carbocycles. The van der Waals surface area contributed by atoms with E-state index in [2.05, 4.69) is 17.6 Å². The molecule has 1 aliphatic heterocycles. The van der Waals surface area contributed by atoms with E-state index in [9.17, 15) is 14.4 Å². The maximum Gasteiger partial charge on any atom is 0.325 e. The van der Waals surface area contributed by atoms with Gasteiger partial charge in [0.2, 0.25) is 5.91 Å². The summed E-state index contributed by atoms with van der Waals surface area (Å²) in [6.45, 7) is 1.93. The molecule has 6 nitrogen and oxygen atoms in total. The summed E-state index contributed by atoms with van der Waals surface area (Å²) < 4.78 is 0. The number of amides is 4. The van der Waals surface area contributed by atoms with Crippen LogP contribution in [0.3, 0.4) is 0 Å². The number of carbonyl (C=O) groups is 3. The highest BCUT2D eigenvalue weighted by Gasteiger charge is 2.56. The van der Waals surface area contributed by atoms with Gasteiger partial charge >= 0.3 is 6.03 Å². The van der Waals surface area contributed by atoms with Crippen LogP contribution in [0.25, 0.3) is 0 Å². The number of nitrogens with zero attached hydrogens (tertiary/aromatic N) is 1. The number of carbonyl (C=O) groups excluding carboxylic acids is 3. The van der Waals surface area contributed by atoms with Gasteiger partial charge in [-0.15, -0.1) is 0 Å². The molecule has 1 heterocycles. The van der Waals surface area contributed by atoms with E-state index in [1.807, 2.05) is 24.3 Å². The van der Waals surface area contributed by atoms with Crippen molar-refractivity contribution in [3.8, 4) is 0 Å². The van der Waals surface area contributed by atoms with E-state index in [1.54, 1.807) is 0 Å². The summed E-state index contributed by atoms with van der Waals surface area (Å²) >= 11 is 0. The zero-order valence-corrected chi connectivity index (χ0v) is 18.2. The predicted molar refractivity (Wildman–Crippen MR) is 115 cm³/mol. The van der Waals surface area contributed by atoms with E-state index in [0.717, 1.165) is 40.2 Å². The fourth-order valence-electron chi connectivity index (χ4n) is 8.02. The number of hydrogen-bond acceptors (Lipinski definition) is 3. The Labute approximate surface area is 183 Å². The first-order valence-electron chi connectivity index (χ1n) is 11.9. The Bertz CT molecular complexity index is 937. The molecule has 1 spiro atoms. The number of rotatable bonds is 4. The summed E-state index contributed by atoms with van der Waals surface area (Å²) in [5, 5.41) is 6.10. The van der Waals surface area contributed by atoms with Crippen molar-refractivity contribution in [2.24, 2.45) is 23.2 Å². The van der Waals surface area contributed by atoms with Crippen LogP contribution in [0.1, 0.15) is 63.0 Å². The largest absolute Gasteiger partial charge is 0.352 e. The first-order chi connectivity index (χ1) is 14.9. The van der Waals surface area contributed by atoms with E-state index >= 15 is 0 Å². The average molecular weight is 422 g/mol. The van der Waals surface area contributed by atoms with E-state index < -0.39 is 11.6 Å². The van der Waals surface area contributed by atoms with Crippen LogP contribution in [0.15, 0.2) is 24.3 Å². The molecular weight excluding hydrogens is 390 g/mol. The zero-order valence-electron chi connectivity index (χ0n) is 18.2. The summed E-state index contributed by atoms with van der Waals surface area (Å²) in [7, 11) is 0. The molecule has 2 atom stereocenters. The van der Waals surface area contributed by atoms with Crippen molar-refractivity contribution in [2.45, 2.75) is 69.9 Å². The molecule has 0 unspecified atom stereocenters. The van der Waals surface area contributed by atoms with Crippen molar-refractivity contribution < 1.29 is 14.4 Å². The average Bonchev–Trinajstić information content (AvgIpc) is 3.20. The van der Waals surface area contributed by atoms with Gasteiger partial charge in [0.25, 0.3) is 5.91 Å². The third-order valence-electron chi connectivity index (χ3n) is 9.11. The van der Waals surface area contributed by atoms with Crippen molar-refractivity contribution >= 4 is 17.8 Å². The minimum Gasteiger partial charge on any atom is -0.352 e. The second kappa shape index (κ2) is 6.57. The summed E-state index contributed by atoms with van der Waals surface area (Å²) in [6, 6.07) is 7.39. The number of urea groups is 1. The highest BCUT2D eigenvalue weighted by molar-refractivity contribution is 6.09. The maximum atomic E-state index is 13.3. The van der Waals surface area contributed by atoms with Crippen molar-refractivity contribution in [2.75, 3.05) is 6.54 Å².